The van der Waals surface area contributed by atoms with Crippen molar-refractivity contribution in [2.75, 3.05) is 6.54 Å². The number of amides is 1. The zero-order chi connectivity index (χ0) is 21.8. The summed E-state index contributed by atoms with van der Waals surface area (Å²) in [6.07, 6.45) is 6.45. The minimum atomic E-state index is 0.155. The first-order chi connectivity index (χ1) is 14.9. The summed E-state index contributed by atoms with van der Waals surface area (Å²) in [5, 5.41) is 3.17. The fraction of sp³-hybridized carbons (Fsp3) is 0.481. The molecule has 164 valence electrons. The van der Waals surface area contributed by atoms with Gasteiger partial charge in [-0.25, -0.2) is 4.98 Å². The van der Waals surface area contributed by atoms with E-state index in [1.807, 2.05) is 6.07 Å². The molecule has 1 N–H and O–H groups in total. The largest absolute Gasteiger partial charge is 0.355 e. The maximum absolute atomic E-state index is 12.5. The molecule has 0 saturated heterocycles. The third-order valence-electron chi connectivity index (χ3n) is 6.52. The Morgan fingerprint density at radius 1 is 1.03 bits per heavy atom. The number of imidazole rings is 1. The van der Waals surface area contributed by atoms with Crippen LogP contribution in [0.25, 0.3) is 11.0 Å². The lowest BCUT2D eigenvalue weighted by Crippen LogP contribution is -2.33. The van der Waals surface area contributed by atoms with Crippen LogP contribution in [0.3, 0.4) is 0 Å². The van der Waals surface area contributed by atoms with E-state index < -0.39 is 0 Å². The van der Waals surface area contributed by atoms with Gasteiger partial charge in [0.1, 0.15) is 5.82 Å². The molecule has 31 heavy (non-hydrogen) atoms. The molecule has 4 rings (SSSR count). The Bertz CT molecular complexity index is 1020. The van der Waals surface area contributed by atoms with Gasteiger partial charge in [-0.15, -0.1) is 0 Å². The van der Waals surface area contributed by atoms with Crippen LogP contribution in [0.2, 0.25) is 0 Å². The van der Waals surface area contributed by atoms with Crippen molar-refractivity contribution in [3.8, 4) is 0 Å². The summed E-state index contributed by atoms with van der Waals surface area (Å²) < 4.78 is 2.30. The molecule has 0 unspecified atom stereocenters. The van der Waals surface area contributed by atoms with Crippen LogP contribution in [-0.2, 0) is 23.2 Å². The molecular weight excluding hydrogens is 382 g/mol. The van der Waals surface area contributed by atoms with Crippen LogP contribution in [0, 0.1) is 5.92 Å². The van der Waals surface area contributed by atoms with E-state index in [0.29, 0.717) is 6.54 Å². The third kappa shape index (κ3) is 5.17. The van der Waals surface area contributed by atoms with Crippen molar-refractivity contribution in [2.45, 2.75) is 71.3 Å². The van der Waals surface area contributed by atoms with Gasteiger partial charge in [0.2, 0.25) is 5.91 Å². The molecule has 3 aromatic rings. The quantitative estimate of drug-likeness (QED) is 0.566. The molecular formula is C27H35N3O. The first kappa shape index (κ1) is 21.6. The van der Waals surface area contributed by atoms with Gasteiger partial charge in [0, 0.05) is 25.4 Å². The van der Waals surface area contributed by atoms with Gasteiger partial charge in [-0.1, -0.05) is 76.4 Å². The van der Waals surface area contributed by atoms with E-state index in [9.17, 15) is 4.79 Å². The molecule has 0 bridgehead atoms. The van der Waals surface area contributed by atoms with Crippen molar-refractivity contribution in [3.63, 3.8) is 0 Å². The smallest absolute Gasteiger partial charge is 0.223 e. The maximum Gasteiger partial charge on any atom is 0.223 e. The Hall–Kier alpha value is -2.62. The highest BCUT2D eigenvalue weighted by atomic mass is 16.1. The molecule has 1 fully saturated rings. The number of aromatic nitrogens is 2. The Morgan fingerprint density at radius 2 is 1.74 bits per heavy atom. The number of nitrogens with one attached hydrogen (secondary N) is 1. The summed E-state index contributed by atoms with van der Waals surface area (Å²) in [5.41, 5.74) is 4.93. The minimum Gasteiger partial charge on any atom is -0.355 e. The van der Waals surface area contributed by atoms with E-state index in [2.05, 4.69) is 73.1 Å². The van der Waals surface area contributed by atoms with Crippen molar-refractivity contribution in [1.29, 1.82) is 0 Å². The lowest BCUT2D eigenvalue weighted by molar-refractivity contribution is -0.125. The zero-order valence-electron chi connectivity index (χ0n) is 19.2. The molecule has 0 aliphatic heterocycles. The lowest BCUT2D eigenvalue weighted by Gasteiger charge is -2.20. The number of para-hydroxylation sites is 2. The highest BCUT2D eigenvalue weighted by molar-refractivity contribution is 5.79. The van der Waals surface area contributed by atoms with Crippen molar-refractivity contribution in [1.82, 2.24) is 14.9 Å². The van der Waals surface area contributed by atoms with E-state index in [-0.39, 0.29) is 17.2 Å². The number of carbonyl (C=O) groups is 1. The van der Waals surface area contributed by atoms with E-state index in [1.54, 1.807) is 0 Å². The van der Waals surface area contributed by atoms with E-state index >= 15 is 0 Å². The van der Waals surface area contributed by atoms with Gasteiger partial charge < -0.3 is 9.88 Å². The standard InChI is InChI=1S/C27H35N3O/c1-27(2,3)22-15-13-20(14-16-22)19-30-24-12-8-7-11-23(24)29-25(30)17-18-28-26(31)21-9-5-4-6-10-21/h7-8,11-16,21H,4-6,9-10,17-19H2,1-3H3,(H,28,31). The third-order valence-corrected chi connectivity index (χ3v) is 6.52. The Balaban J connectivity index is 1.48. The predicted molar refractivity (Wildman–Crippen MR) is 127 cm³/mol. The number of rotatable bonds is 6. The number of carbonyl (C=O) groups excluding carboxylic acids is 1. The fourth-order valence-corrected chi connectivity index (χ4v) is 4.59. The van der Waals surface area contributed by atoms with Crippen LogP contribution < -0.4 is 5.32 Å². The van der Waals surface area contributed by atoms with Crippen LogP contribution >= 0.6 is 0 Å². The number of benzene rings is 2. The van der Waals surface area contributed by atoms with Crippen molar-refractivity contribution >= 4 is 16.9 Å². The fourth-order valence-electron chi connectivity index (χ4n) is 4.59. The average molecular weight is 418 g/mol. The van der Waals surface area contributed by atoms with E-state index in [1.165, 1.54) is 30.4 Å². The second-order valence-corrected chi connectivity index (χ2v) is 9.93. The van der Waals surface area contributed by atoms with E-state index in [4.69, 9.17) is 4.98 Å². The summed E-state index contributed by atoms with van der Waals surface area (Å²) in [6, 6.07) is 17.2. The van der Waals surface area contributed by atoms with Crippen molar-refractivity contribution < 1.29 is 4.79 Å². The molecule has 1 saturated carbocycles. The molecule has 0 radical (unpaired) electrons. The Morgan fingerprint density at radius 3 is 2.45 bits per heavy atom. The average Bonchev–Trinajstić information content (AvgIpc) is 3.11. The summed E-state index contributed by atoms with van der Waals surface area (Å²) >= 11 is 0. The first-order valence-electron chi connectivity index (χ1n) is 11.7. The maximum atomic E-state index is 12.5. The van der Waals surface area contributed by atoms with Gasteiger partial charge in [-0.3, -0.25) is 4.79 Å². The zero-order valence-corrected chi connectivity index (χ0v) is 19.2. The van der Waals surface area contributed by atoms with Gasteiger partial charge in [-0.05, 0) is 41.5 Å². The van der Waals surface area contributed by atoms with Gasteiger partial charge in [0.15, 0.2) is 0 Å². The molecule has 4 nitrogen and oxygen atoms in total. The molecule has 4 heteroatoms. The molecule has 0 spiro atoms. The molecule has 2 aromatic carbocycles. The second-order valence-electron chi connectivity index (χ2n) is 9.93. The van der Waals surface area contributed by atoms with E-state index in [0.717, 1.165) is 42.7 Å². The normalized spacial score (nSPS) is 15.3. The number of fused-ring (bicyclic) bond motifs is 1. The molecule has 1 heterocycles. The Kier molecular flexibility index (Phi) is 6.45. The molecule has 1 aliphatic rings. The van der Waals surface area contributed by atoms with Crippen molar-refractivity contribution in [3.05, 3.63) is 65.5 Å². The van der Waals surface area contributed by atoms with Gasteiger partial charge >= 0.3 is 0 Å². The minimum absolute atomic E-state index is 0.155. The summed E-state index contributed by atoms with van der Waals surface area (Å²) in [5.74, 6) is 1.46. The number of hydrogen-bond donors (Lipinski definition) is 1. The highest BCUT2D eigenvalue weighted by Crippen LogP contribution is 2.25. The second kappa shape index (κ2) is 9.25. The monoisotopic (exact) mass is 417 g/mol. The molecule has 1 aliphatic carbocycles. The van der Waals surface area contributed by atoms with Crippen LogP contribution in [0.4, 0.5) is 0 Å². The molecule has 0 atom stereocenters. The van der Waals surface area contributed by atoms with Crippen LogP contribution in [0.15, 0.2) is 48.5 Å². The topological polar surface area (TPSA) is 46.9 Å². The van der Waals surface area contributed by atoms with Crippen LogP contribution in [0.1, 0.15) is 69.8 Å². The number of hydrogen-bond acceptors (Lipinski definition) is 2. The summed E-state index contributed by atoms with van der Waals surface area (Å²) in [6.45, 7) is 8.15. The molecule has 1 amide bonds. The predicted octanol–water partition coefficient (Wildman–Crippen LogP) is 5.62. The number of nitrogens with zero attached hydrogens (tertiary/aromatic N) is 2. The summed E-state index contributed by atoms with van der Waals surface area (Å²) in [4.78, 5) is 17.4. The lowest BCUT2D eigenvalue weighted by atomic mass is 9.87. The van der Waals surface area contributed by atoms with Gasteiger partial charge in [-0.2, -0.15) is 0 Å². The first-order valence-corrected chi connectivity index (χ1v) is 11.7. The van der Waals surface area contributed by atoms with Crippen molar-refractivity contribution in [2.24, 2.45) is 5.92 Å². The van der Waals surface area contributed by atoms with Gasteiger partial charge in [0.05, 0.1) is 11.0 Å². The Labute approximate surface area is 186 Å². The SMILES string of the molecule is CC(C)(C)c1ccc(Cn2c(CCNC(=O)C3CCCCC3)nc3ccccc32)cc1. The van der Waals surface area contributed by atoms with Gasteiger partial charge in [0.25, 0.3) is 0 Å². The van der Waals surface area contributed by atoms with Crippen LogP contribution in [0.5, 0.6) is 0 Å². The van der Waals surface area contributed by atoms with Crippen LogP contribution in [-0.4, -0.2) is 22.0 Å². The highest BCUT2D eigenvalue weighted by Gasteiger charge is 2.21. The molecule has 1 aromatic heterocycles. The summed E-state index contributed by atoms with van der Waals surface area (Å²) in [7, 11) is 0.